The number of ether oxygens (including phenoxy) is 2. The second-order valence-corrected chi connectivity index (χ2v) is 7.24. The molecule has 1 aromatic carbocycles. The summed E-state index contributed by atoms with van der Waals surface area (Å²) in [6, 6.07) is 4.59. The van der Waals surface area contributed by atoms with Gasteiger partial charge in [0, 0.05) is 24.6 Å². The Balaban J connectivity index is 0.00000220. The van der Waals surface area contributed by atoms with E-state index in [1.54, 1.807) is 19.9 Å². The standard InChI is InChI=1S/C13H20N2O4S.ClH/c1-13(2,14)9-15-20(16,17)10-4-5-11-12(8-10)19-7-3-6-18-11;/h4-5,8,15H,3,6-7,9,14H2,1-2H3;1H. The minimum atomic E-state index is -3.60. The molecule has 1 aliphatic heterocycles. The Morgan fingerprint density at radius 1 is 1.24 bits per heavy atom. The molecular formula is C13H21ClN2O4S. The molecule has 0 saturated carbocycles. The van der Waals surface area contributed by atoms with Crippen molar-refractivity contribution in [3.8, 4) is 11.5 Å². The van der Waals surface area contributed by atoms with E-state index in [0.29, 0.717) is 24.7 Å². The summed E-state index contributed by atoms with van der Waals surface area (Å²) in [7, 11) is -3.60. The van der Waals surface area contributed by atoms with Crippen LogP contribution >= 0.6 is 12.4 Å². The van der Waals surface area contributed by atoms with Crippen LogP contribution in [0.4, 0.5) is 0 Å². The van der Waals surface area contributed by atoms with Crippen LogP contribution in [0.1, 0.15) is 20.3 Å². The van der Waals surface area contributed by atoms with Gasteiger partial charge in [0.1, 0.15) is 0 Å². The number of nitrogens with one attached hydrogen (secondary N) is 1. The molecule has 1 aliphatic rings. The van der Waals surface area contributed by atoms with E-state index in [-0.39, 0.29) is 23.8 Å². The maximum absolute atomic E-state index is 12.2. The molecule has 0 spiro atoms. The lowest BCUT2D eigenvalue weighted by Crippen LogP contribution is -2.45. The van der Waals surface area contributed by atoms with Gasteiger partial charge in [-0.3, -0.25) is 0 Å². The number of hydrogen-bond acceptors (Lipinski definition) is 5. The quantitative estimate of drug-likeness (QED) is 0.864. The Kier molecular flexibility index (Phi) is 5.86. The predicted octanol–water partition coefficient (Wildman–Crippen LogP) is 1.29. The van der Waals surface area contributed by atoms with Gasteiger partial charge in [-0.1, -0.05) is 0 Å². The highest BCUT2D eigenvalue weighted by atomic mass is 35.5. The fourth-order valence-corrected chi connectivity index (χ4v) is 2.91. The normalized spacial score (nSPS) is 15.0. The van der Waals surface area contributed by atoms with Gasteiger partial charge in [-0.2, -0.15) is 0 Å². The van der Waals surface area contributed by atoms with Crippen molar-refractivity contribution in [2.75, 3.05) is 19.8 Å². The highest BCUT2D eigenvalue weighted by molar-refractivity contribution is 7.89. The monoisotopic (exact) mass is 336 g/mol. The first-order valence-electron chi connectivity index (χ1n) is 6.46. The molecule has 120 valence electrons. The van der Waals surface area contributed by atoms with Crippen LogP contribution in [0, 0.1) is 0 Å². The predicted molar refractivity (Wildman–Crippen MR) is 82.8 cm³/mol. The van der Waals surface area contributed by atoms with Crippen molar-refractivity contribution in [2.24, 2.45) is 5.73 Å². The van der Waals surface area contributed by atoms with Gasteiger partial charge in [0.15, 0.2) is 11.5 Å². The SMILES string of the molecule is CC(C)(N)CNS(=O)(=O)c1ccc2c(c1)OCCCO2.Cl. The van der Waals surface area contributed by atoms with Gasteiger partial charge in [0.05, 0.1) is 18.1 Å². The zero-order valence-corrected chi connectivity index (χ0v) is 13.7. The van der Waals surface area contributed by atoms with Gasteiger partial charge in [-0.25, -0.2) is 13.1 Å². The van der Waals surface area contributed by atoms with Gasteiger partial charge in [-0.15, -0.1) is 12.4 Å². The molecule has 2 rings (SSSR count). The summed E-state index contributed by atoms with van der Waals surface area (Å²) in [5.41, 5.74) is 5.17. The number of benzene rings is 1. The summed E-state index contributed by atoms with van der Waals surface area (Å²) >= 11 is 0. The Hall–Kier alpha value is -1.02. The number of nitrogens with two attached hydrogens (primary N) is 1. The molecular weight excluding hydrogens is 316 g/mol. The first-order valence-corrected chi connectivity index (χ1v) is 7.94. The Labute approximate surface area is 131 Å². The summed E-state index contributed by atoms with van der Waals surface area (Å²) < 4.78 is 37.8. The zero-order valence-electron chi connectivity index (χ0n) is 12.1. The van der Waals surface area contributed by atoms with Gasteiger partial charge in [0.25, 0.3) is 0 Å². The summed E-state index contributed by atoms with van der Waals surface area (Å²) in [5.74, 6) is 1.03. The first kappa shape index (κ1) is 18.0. The van der Waals surface area contributed by atoms with Gasteiger partial charge in [0.2, 0.25) is 10.0 Å². The minimum absolute atomic E-state index is 0. The van der Waals surface area contributed by atoms with Crippen LogP contribution in [0.2, 0.25) is 0 Å². The van der Waals surface area contributed by atoms with Crippen LogP contribution in [0.3, 0.4) is 0 Å². The molecule has 0 aliphatic carbocycles. The third-order valence-corrected chi connectivity index (χ3v) is 4.15. The van der Waals surface area contributed by atoms with Crippen molar-refractivity contribution < 1.29 is 17.9 Å². The maximum Gasteiger partial charge on any atom is 0.240 e. The van der Waals surface area contributed by atoms with Crippen molar-refractivity contribution in [1.82, 2.24) is 4.72 Å². The van der Waals surface area contributed by atoms with Gasteiger partial charge >= 0.3 is 0 Å². The van der Waals surface area contributed by atoms with Gasteiger partial charge < -0.3 is 15.2 Å². The molecule has 0 saturated heterocycles. The smallest absolute Gasteiger partial charge is 0.240 e. The van der Waals surface area contributed by atoms with Crippen molar-refractivity contribution in [3.05, 3.63) is 18.2 Å². The third-order valence-electron chi connectivity index (χ3n) is 2.75. The molecule has 0 fully saturated rings. The molecule has 0 amide bonds. The van der Waals surface area contributed by atoms with E-state index < -0.39 is 15.6 Å². The molecule has 3 N–H and O–H groups in total. The van der Waals surface area contributed by atoms with E-state index in [0.717, 1.165) is 6.42 Å². The van der Waals surface area contributed by atoms with Crippen LogP contribution in [-0.4, -0.2) is 33.7 Å². The van der Waals surface area contributed by atoms with Crippen LogP contribution in [0.5, 0.6) is 11.5 Å². The molecule has 0 radical (unpaired) electrons. The molecule has 0 bridgehead atoms. The molecule has 1 heterocycles. The molecule has 0 atom stereocenters. The number of halogens is 1. The summed E-state index contributed by atoms with van der Waals surface area (Å²) in [6.45, 7) is 4.75. The Bertz CT molecular complexity index is 584. The number of hydrogen-bond donors (Lipinski definition) is 2. The Morgan fingerprint density at radius 2 is 1.86 bits per heavy atom. The maximum atomic E-state index is 12.2. The van der Waals surface area contributed by atoms with E-state index >= 15 is 0 Å². The summed E-state index contributed by atoms with van der Waals surface area (Å²) in [6.07, 6.45) is 0.774. The van der Waals surface area contributed by atoms with E-state index in [9.17, 15) is 8.42 Å². The molecule has 6 nitrogen and oxygen atoms in total. The Morgan fingerprint density at radius 3 is 2.48 bits per heavy atom. The van der Waals surface area contributed by atoms with E-state index in [2.05, 4.69) is 4.72 Å². The molecule has 0 aromatic heterocycles. The topological polar surface area (TPSA) is 90.7 Å². The lowest BCUT2D eigenvalue weighted by molar-refractivity contribution is 0.297. The largest absolute Gasteiger partial charge is 0.490 e. The average molecular weight is 337 g/mol. The van der Waals surface area contributed by atoms with E-state index in [1.165, 1.54) is 12.1 Å². The number of sulfonamides is 1. The molecule has 0 unspecified atom stereocenters. The highest BCUT2D eigenvalue weighted by Gasteiger charge is 2.21. The van der Waals surface area contributed by atoms with Crippen molar-refractivity contribution in [2.45, 2.75) is 30.7 Å². The number of fused-ring (bicyclic) bond motifs is 1. The van der Waals surface area contributed by atoms with Gasteiger partial charge in [-0.05, 0) is 26.0 Å². The highest BCUT2D eigenvalue weighted by Crippen LogP contribution is 2.31. The number of rotatable bonds is 4. The van der Waals surface area contributed by atoms with E-state index in [1.807, 2.05) is 0 Å². The molecule has 8 heteroatoms. The van der Waals surface area contributed by atoms with Crippen molar-refractivity contribution >= 4 is 22.4 Å². The van der Waals surface area contributed by atoms with Crippen LogP contribution < -0.4 is 19.9 Å². The van der Waals surface area contributed by atoms with E-state index in [4.69, 9.17) is 15.2 Å². The molecule has 1 aromatic rings. The minimum Gasteiger partial charge on any atom is -0.490 e. The van der Waals surface area contributed by atoms with Crippen molar-refractivity contribution in [3.63, 3.8) is 0 Å². The summed E-state index contributed by atoms with van der Waals surface area (Å²) in [5, 5.41) is 0. The second-order valence-electron chi connectivity index (χ2n) is 5.47. The third kappa shape index (κ3) is 5.03. The first-order chi connectivity index (χ1) is 9.28. The van der Waals surface area contributed by atoms with Crippen molar-refractivity contribution in [1.29, 1.82) is 0 Å². The van der Waals surface area contributed by atoms with Crippen LogP contribution in [0.25, 0.3) is 0 Å². The lowest BCUT2D eigenvalue weighted by atomic mass is 10.1. The molecule has 21 heavy (non-hydrogen) atoms. The zero-order chi connectivity index (χ0) is 14.8. The average Bonchev–Trinajstić information content (AvgIpc) is 2.60. The second kappa shape index (κ2) is 6.83. The lowest BCUT2D eigenvalue weighted by Gasteiger charge is -2.19. The summed E-state index contributed by atoms with van der Waals surface area (Å²) in [4.78, 5) is 0.144. The van der Waals surface area contributed by atoms with Crippen LogP contribution in [-0.2, 0) is 10.0 Å². The fourth-order valence-electron chi connectivity index (χ4n) is 1.68. The fraction of sp³-hybridized carbons (Fsp3) is 0.538. The van der Waals surface area contributed by atoms with Crippen LogP contribution in [0.15, 0.2) is 23.1 Å².